The third kappa shape index (κ3) is 1.91. The third-order valence-corrected chi connectivity index (χ3v) is 4.60. The van der Waals surface area contributed by atoms with Gasteiger partial charge in [-0.3, -0.25) is 4.79 Å². The normalized spacial score (nSPS) is 42.4. The predicted octanol–water partition coefficient (Wildman–Crippen LogP) is 2.73. The molecule has 2 rings (SSSR count). The van der Waals surface area contributed by atoms with Crippen molar-refractivity contribution in [2.45, 2.75) is 52.4 Å². The number of amides is 1. The largest absolute Gasteiger partial charge is 0.355 e. The van der Waals surface area contributed by atoms with E-state index < -0.39 is 0 Å². The van der Waals surface area contributed by atoms with Crippen LogP contribution < -0.4 is 5.32 Å². The van der Waals surface area contributed by atoms with Crippen LogP contribution >= 0.6 is 0 Å². The first kappa shape index (κ1) is 11.0. The highest BCUT2D eigenvalue weighted by Crippen LogP contribution is 2.46. The summed E-state index contributed by atoms with van der Waals surface area (Å²) in [6.45, 7) is 5.40. The molecule has 0 bridgehead atoms. The maximum Gasteiger partial charge on any atom is 0.226 e. The molecule has 1 aliphatic heterocycles. The van der Waals surface area contributed by atoms with Crippen molar-refractivity contribution >= 4 is 5.91 Å². The third-order valence-electron chi connectivity index (χ3n) is 4.60. The highest BCUT2D eigenvalue weighted by molar-refractivity contribution is 5.83. The molecular formula is C13H23NO. The highest BCUT2D eigenvalue weighted by Gasteiger charge is 2.45. The Labute approximate surface area is 92.8 Å². The van der Waals surface area contributed by atoms with E-state index >= 15 is 0 Å². The molecule has 1 spiro atoms. The number of rotatable bonds is 0. The van der Waals surface area contributed by atoms with Gasteiger partial charge in [-0.1, -0.05) is 26.7 Å². The molecule has 0 radical (unpaired) electrons. The van der Waals surface area contributed by atoms with Crippen LogP contribution in [0, 0.1) is 17.3 Å². The minimum atomic E-state index is -0.0109. The first-order valence-corrected chi connectivity index (χ1v) is 6.43. The number of hydrogen-bond acceptors (Lipinski definition) is 1. The van der Waals surface area contributed by atoms with Crippen molar-refractivity contribution in [3.05, 3.63) is 0 Å². The van der Waals surface area contributed by atoms with Crippen molar-refractivity contribution in [2.24, 2.45) is 17.3 Å². The van der Waals surface area contributed by atoms with E-state index in [1.807, 2.05) is 0 Å². The van der Waals surface area contributed by atoms with Crippen LogP contribution in [0.1, 0.15) is 52.4 Å². The molecule has 2 nitrogen and oxygen atoms in total. The molecule has 1 aliphatic carbocycles. The van der Waals surface area contributed by atoms with Gasteiger partial charge in [0.15, 0.2) is 0 Å². The average Bonchev–Trinajstić information content (AvgIpc) is 2.37. The van der Waals surface area contributed by atoms with Crippen LogP contribution in [0.2, 0.25) is 0 Å². The first-order valence-electron chi connectivity index (χ1n) is 6.43. The Balaban J connectivity index is 2.19. The van der Waals surface area contributed by atoms with Crippen LogP contribution in [0.15, 0.2) is 0 Å². The maximum absolute atomic E-state index is 12.2. The summed E-state index contributed by atoms with van der Waals surface area (Å²) in [5.41, 5.74) is -0.0109. The van der Waals surface area contributed by atoms with Crippen molar-refractivity contribution in [1.82, 2.24) is 5.32 Å². The molecule has 1 amide bonds. The average molecular weight is 209 g/mol. The van der Waals surface area contributed by atoms with Gasteiger partial charge in [-0.25, -0.2) is 0 Å². The summed E-state index contributed by atoms with van der Waals surface area (Å²) in [6, 6.07) is 0. The van der Waals surface area contributed by atoms with E-state index in [2.05, 4.69) is 19.2 Å². The van der Waals surface area contributed by atoms with Crippen LogP contribution in [-0.4, -0.2) is 12.5 Å². The van der Waals surface area contributed by atoms with Gasteiger partial charge in [0.05, 0.1) is 5.41 Å². The van der Waals surface area contributed by atoms with E-state index in [1.165, 1.54) is 25.7 Å². The Morgan fingerprint density at radius 1 is 1.20 bits per heavy atom. The van der Waals surface area contributed by atoms with Gasteiger partial charge in [-0.2, -0.15) is 0 Å². The van der Waals surface area contributed by atoms with E-state index in [4.69, 9.17) is 0 Å². The Morgan fingerprint density at radius 3 is 2.73 bits per heavy atom. The fraction of sp³-hybridized carbons (Fsp3) is 0.923. The van der Waals surface area contributed by atoms with Crippen LogP contribution in [0.4, 0.5) is 0 Å². The lowest BCUT2D eigenvalue weighted by Gasteiger charge is -2.40. The van der Waals surface area contributed by atoms with Gasteiger partial charge < -0.3 is 5.32 Å². The van der Waals surface area contributed by atoms with E-state index in [0.717, 1.165) is 19.4 Å². The second kappa shape index (κ2) is 4.15. The zero-order valence-electron chi connectivity index (χ0n) is 10.0. The summed E-state index contributed by atoms with van der Waals surface area (Å²) in [5, 5.41) is 3.15. The Bertz CT molecular complexity index is 251. The van der Waals surface area contributed by atoms with Gasteiger partial charge >= 0.3 is 0 Å². The Hall–Kier alpha value is -0.530. The Morgan fingerprint density at radius 2 is 2.00 bits per heavy atom. The van der Waals surface area contributed by atoms with Crippen molar-refractivity contribution in [3.8, 4) is 0 Å². The van der Waals surface area contributed by atoms with Gasteiger partial charge in [-0.15, -0.1) is 0 Å². The molecular weight excluding hydrogens is 186 g/mol. The van der Waals surface area contributed by atoms with Crippen LogP contribution in [0.3, 0.4) is 0 Å². The fourth-order valence-corrected chi connectivity index (χ4v) is 3.28. The summed E-state index contributed by atoms with van der Waals surface area (Å²) >= 11 is 0. The lowest BCUT2D eigenvalue weighted by Crippen LogP contribution is -2.45. The zero-order chi connectivity index (χ0) is 10.9. The van der Waals surface area contributed by atoms with Crippen LogP contribution in [0.25, 0.3) is 0 Å². The van der Waals surface area contributed by atoms with Crippen molar-refractivity contribution < 1.29 is 4.79 Å². The smallest absolute Gasteiger partial charge is 0.226 e. The topological polar surface area (TPSA) is 29.1 Å². The quantitative estimate of drug-likeness (QED) is 0.653. The second-order valence-electron chi connectivity index (χ2n) is 5.66. The molecule has 0 aromatic rings. The Kier molecular flexibility index (Phi) is 3.03. The molecule has 1 saturated carbocycles. The number of carbonyl (C=O) groups is 1. The SMILES string of the molecule is C[C@@H]1CC[C@@]2(CCCC[C@H]2C)C(=O)NC1. The van der Waals surface area contributed by atoms with Gasteiger partial charge in [0.1, 0.15) is 0 Å². The van der Waals surface area contributed by atoms with Gasteiger partial charge in [0.2, 0.25) is 5.91 Å². The lowest BCUT2D eigenvalue weighted by molar-refractivity contribution is -0.136. The highest BCUT2D eigenvalue weighted by atomic mass is 16.2. The van der Waals surface area contributed by atoms with Gasteiger partial charge in [0, 0.05) is 6.54 Å². The second-order valence-corrected chi connectivity index (χ2v) is 5.66. The van der Waals surface area contributed by atoms with E-state index in [-0.39, 0.29) is 5.41 Å². The fourth-order valence-electron chi connectivity index (χ4n) is 3.28. The van der Waals surface area contributed by atoms with E-state index in [9.17, 15) is 4.79 Å². The molecule has 0 unspecified atom stereocenters. The summed E-state index contributed by atoms with van der Waals surface area (Å²) in [6.07, 6.45) is 7.23. The summed E-state index contributed by atoms with van der Waals surface area (Å²) in [7, 11) is 0. The predicted molar refractivity (Wildman–Crippen MR) is 61.5 cm³/mol. The molecule has 1 saturated heterocycles. The van der Waals surface area contributed by atoms with Gasteiger partial charge in [-0.05, 0) is 37.5 Å². The van der Waals surface area contributed by atoms with Crippen molar-refractivity contribution in [1.29, 1.82) is 0 Å². The molecule has 1 N–H and O–H groups in total. The molecule has 0 aromatic carbocycles. The first-order chi connectivity index (χ1) is 7.15. The molecule has 2 aliphatic rings. The summed E-state index contributed by atoms with van der Waals surface area (Å²) in [4.78, 5) is 12.2. The lowest BCUT2D eigenvalue weighted by atomic mass is 9.64. The molecule has 2 heteroatoms. The molecule has 2 fully saturated rings. The molecule has 3 atom stereocenters. The molecule has 0 aromatic heterocycles. The van der Waals surface area contributed by atoms with Crippen LogP contribution in [0.5, 0.6) is 0 Å². The van der Waals surface area contributed by atoms with E-state index in [0.29, 0.717) is 17.7 Å². The van der Waals surface area contributed by atoms with Crippen LogP contribution in [-0.2, 0) is 4.79 Å². The van der Waals surface area contributed by atoms with Gasteiger partial charge in [0.25, 0.3) is 0 Å². The zero-order valence-corrected chi connectivity index (χ0v) is 10.0. The maximum atomic E-state index is 12.2. The monoisotopic (exact) mass is 209 g/mol. The van der Waals surface area contributed by atoms with Crippen molar-refractivity contribution in [3.63, 3.8) is 0 Å². The van der Waals surface area contributed by atoms with Crippen molar-refractivity contribution in [2.75, 3.05) is 6.54 Å². The minimum absolute atomic E-state index is 0.0109. The standard InChI is InChI=1S/C13H23NO/c1-10-6-8-13(12(15)14-9-10)7-4-3-5-11(13)2/h10-11H,3-9H2,1-2H3,(H,14,15)/t10-,11-,13-/m1/s1. The number of nitrogens with one attached hydrogen (secondary N) is 1. The summed E-state index contributed by atoms with van der Waals surface area (Å²) in [5.74, 6) is 1.58. The number of carbonyl (C=O) groups excluding carboxylic acids is 1. The minimum Gasteiger partial charge on any atom is -0.355 e. The number of hydrogen-bond donors (Lipinski definition) is 1. The summed E-state index contributed by atoms with van der Waals surface area (Å²) < 4.78 is 0. The molecule has 1 heterocycles. The van der Waals surface area contributed by atoms with E-state index in [1.54, 1.807) is 0 Å². The molecule has 15 heavy (non-hydrogen) atoms. The molecule has 86 valence electrons.